The Hall–Kier alpha value is -2.55. The molecule has 1 aliphatic rings. The molecular weight excluding hydrogens is 373 g/mol. The smallest absolute Gasteiger partial charge is 0.413 e. The summed E-state index contributed by atoms with van der Waals surface area (Å²) in [5.41, 5.74) is -1.99. The number of hydrogen-bond donors (Lipinski definition) is 0. The number of rotatable bonds is 2. The average Bonchev–Trinajstić information content (AvgIpc) is 3.08. The van der Waals surface area contributed by atoms with Crippen LogP contribution < -0.4 is 10.5 Å². The number of halogens is 4. The van der Waals surface area contributed by atoms with Crippen LogP contribution in [0.5, 0.6) is 0 Å². The minimum Gasteiger partial charge on any atom is -0.439 e. The van der Waals surface area contributed by atoms with Crippen LogP contribution in [0.25, 0.3) is 11.1 Å². The van der Waals surface area contributed by atoms with Gasteiger partial charge in [-0.1, -0.05) is 23.7 Å². The van der Waals surface area contributed by atoms with Gasteiger partial charge in [0.1, 0.15) is 10.7 Å². The number of aromatic nitrogens is 3. The van der Waals surface area contributed by atoms with Gasteiger partial charge in [-0.2, -0.15) is 13.2 Å². The second kappa shape index (κ2) is 5.47. The van der Waals surface area contributed by atoms with Crippen LogP contribution in [0.1, 0.15) is 12.8 Å². The van der Waals surface area contributed by atoms with E-state index in [2.05, 4.69) is 9.97 Å². The summed E-state index contributed by atoms with van der Waals surface area (Å²) in [6.07, 6.45) is -4.62. The Balaban J connectivity index is 1.84. The van der Waals surface area contributed by atoms with Crippen LogP contribution in [0.4, 0.5) is 19.1 Å². The molecule has 0 fully saturated rings. The topological polar surface area (TPSA) is 64.2 Å². The van der Waals surface area contributed by atoms with Crippen LogP contribution in [0.3, 0.4) is 0 Å². The number of alkyl halides is 3. The molecule has 6 nitrogen and oxygen atoms in total. The van der Waals surface area contributed by atoms with E-state index in [1.165, 1.54) is 0 Å². The molecule has 0 amide bonds. The number of para-hydroxylation sites is 2. The molecule has 1 unspecified atom stereocenters. The van der Waals surface area contributed by atoms with Crippen LogP contribution >= 0.6 is 11.6 Å². The maximum absolute atomic E-state index is 13.8. The number of benzene rings is 1. The van der Waals surface area contributed by atoms with E-state index in [9.17, 15) is 18.0 Å². The summed E-state index contributed by atoms with van der Waals surface area (Å²) in [5.74, 6) is -0.0751. The van der Waals surface area contributed by atoms with Gasteiger partial charge in [0.05, 0.1) is 13.1 Å². The fourth-order valence-corrected chi connectivity index (χ4v) is 3.21. The number of fused-ring (bicyclic) bond motifs is 2. The van der Waals surface area contributed by atoms with Crippen molar-refractivity contribution in [2.45, 2.75) is 31.7 Å². The number of nitrogens with zero attached hydrogens (tertiary/aromatic N) is 4. The SMILES string of the molecule is CC1(C(F)(F)F)Cn2c(nc(Cl)cc2=O)N1Cc1nc2ccccc2o1. The van der Waals surface area contributed by atoms with E-state index >= 15 is 0 Å². The zero-order valence-corrected chi connectivity index (χ0v) is 14.2. The van der Waals surface area contributed by atoms with E-state index in [1.54, 1.807) is 24.3 Å². The van der Waals surface area contributed by atoms with Crippen LogP contribution in [0, 0.1) is 0 Å². The zero-order valence-electron chi connectivity index (χ0n) is 13.4. The number of anilines is 1. The van der Waals surface area contributed by atoms with Crippen LogP contribution in [0.15, 0.2) is 39.5 Å². The third-order valence-corrected chi connectivity index (χ3v) is 4.70. The normalized spacial score (nSPS) is 20.0. The highest BCUT2D eigenvalue weighted by Crippen LogP contribution is 2.44. The minimum absolute atomic E-state index is 0.0874. The maximum atomic E-state index is 13.8. The first-order valence-electron chi connectivity index (χ1n) is 7.65. The lowest BCUT2D eigenvalue weighted by Gasteiger charge is -2.35. The van der Waals surface area contributed by atoms with Crippen molar-refractivity contribution in [3.8, 4) is 0 Å². The fraction of sp³-hybridized carbons (Fsp3) is 0.312. The van der Waals surface area contributed by atoms with Gasteiger partial charge >= 0.3 is 6.18 Å². The van der Waals surface area contributed by atoms with E-state index in [0.717, 1.165) is 22.5 Å². The number of oxazole rings is 1. The summed E-state index contributed by atoms with van der Waals surface area (Å²) in [5, 5.41) is -0.171. The van der Waals surface area contributed by atoms with Crippen molar-refractivity contribution < 1.29 is 17.6 Å². The summed E-state index contributed by atoms with van der Waals surface area (Å²) in [4.78, 5) is 21.2. The van der Waals surface area contributed by atoms with Crippen molar-refractivity contribution in [3.05, 3.63) is 51.7 Å². The highest BCUT2D eigenvalue weighted by atomic mass is 35.5. The average molecular weight is 385 g/mol. The lowest BCUT2D eigenvalue weighted by atomic mass is 10.0. The molecule has 0 spiro atoms. The van der Waals surface area contributed by atoms with Gasteiger partial charge < -0.3 is 9.32 Å². The molecule has 26 heavy (non-hydrogen) atoms. The molecule has 10 heteroatoms. The van der Waals surface area contributed by atoms with Crippen LogP contribution in [-0.4, -0.2) is 26.3 Å². The van der Waals surface area contributed by atoms with Gasteiger partial charge in [-0.05, 0) is 19.1 Å². The quantitative estimate of drug-likeness (QED) is 0.634. The van der Waals surface area contributed by atoms with Gasteiger partial charge in [0, 0.05) is 6.07 Å². The Morgan fingerprint density at radius 2 is 2.04 bits per heavy atom. The highest BCUT2D eigenvalue weighted by Gasteiger charge is 2.60. The Bertz CT molecular complexity index is 1030. The summed E-state index contributed by atoms with van der Waals surface area (Å²) >= 11 is 5.80. The summed E-state index contributed by atoms with van der Waals surface area (Å²) in [7, 11) is 0. The molecule has 0 aliphatic carbocycles. The highest BCUT2D eigenvalue weighted by molar-refractivity contribution is 6.29. The molecule has 0 radical (unpaired) electrons. The van der Waals surface area contributed by atoms with Crippen molar-refractivity contribution in [1.29, 1.82) is 0 Å². The summed E-state index contributed by atoms with van der Waals surface area (Å²) in [6, 6.07) is 7.85. The molecule has 0 saturated carbocycles. The van der Waals surface area contributed by atoms with Gasteiger partial charge in [-0.15, -0.1) is 0 Å². The molecular formula is C16H12ClF3N4O2. The Kier molecular flexibility index (Phi) is 3.56. The van der Waals surface area contributed by atoms with E-state index in [-0.39, 0.29) is 23.5 Å². The van der Waals surface area contributed by atoms with Crippen molar-refractivity contribution >= 4 is 28.6 Å². The minimum atomic E-state index is -4.62. The van der Waals surface area contributed by atoms with Crippen LogP contribution in [0.2, 0.25) is 5.15 Å². The van der Waals surface area contributed by atoms with Gasteiger partial charge in [0.2, 0.25) is 11.8 Å². The molecule has 1 aliphatic heterocycles. The van der Waals surface area contributed by atoms with E-state index in [0.29, 0.717) is 11.1 Å². The van der Waals surface area contributed by atoms with Crippen molar-refractivity contribution in [2.24, 2.45) is 0 Å². The molecule has 136 valence electrons. The maximum Gasteiger partial charge on any atom is 0.413 e. The predicted octanol–water partition coefficient (Wildman–Crippen LogP) is 3.38. The standard InChI is InChI=1S/C16H12ClF3N4O2/c1-15(16(18,19)20)8-23-13(25)6-11(17)22-14(23)24(15)7-12-21-9-4-2-3-5-10(9)26-12/h2-6H,7-8H2,1H3. The second-order valence-corrected chi connectivity index (χ2v) is 6.62. The zero-order chi connectivity index (χ0) is 18.7. The van der Waals surface area contributed by atoms with Crippen molar-refractivity contribution in [1.82, 2.24) is 14.5 Å². The molecule has 2 aromatic heterocycles. The summed E-state index contributed by atoms with van der Waals surface area (Å²) < 4.78 is 48.0. The van der Waals surface area contributed by atoms with E-state index in [4.69, 9.17) is 16.0 Å². The number of hydrogen-bond acceptors (Lipinski definition) is 5. The Morgan fingerprint density at radius 1 is 1.31 bits per heavy atom. The van der Waals surface area contributed by atoms with Gasteiger partial charge in [-0.3, -0.25) is 9.36 Å². The summed E-state index contributed by atoms with van der Waals surface area (Å²) in [6.45, 7) is 0.115. The lowest BCUT2D eigenvalue weighted by Crippen LogP contribution is -2.55. The molecule has 0 saturated heterocycles. The molecule has 4 rings (SSSR count). The van der Waals surface area contributed by atoms with Gasteiger partial charge in [0.15, 0.2) is 11.1 Å². The van der Waals surface area contributed by atoms with Crippen LogP contribution in [-0.2, 0) is 13.1 Å². The molecule has 0 N–H and O–H groups in total. The molecule has 3 heterocycles. The van der Waals surface area contributed by atoms with E-state index in [1.807, 2.05) is 0 Å². The Morgan fingerprint density at radius 3 is 2.73 bits per heavy atom. The molecule has 1 atom stereocenters. The lowest BCUT2D eigenvalue weighted by molar-refractivity contribution is -0.182. The first-order valence-corrected chi connectivity index (χ1v) is 8.03. The van der Waals surface area contributed by atoms with Crippen molar-refractivity contribution in [3.63, 3.8) is 0 Å². The third-order valence-electron chi connectivity index (χ3n) is 4.50. The van der Waals surface area contributed by atoms with Gasteiger partial charge in [-0.25, -0.2) is 9.97 Å². The van der Waals surface area contributed by atoms with E-state index < -0.39 is 23.8 Å². The largest absolute Gasteiger partial charge is 0.439 e. The third kappa shape index (κ3) is 2.45. The first-order chi connectivity index (χ1) is 12.2. The molecule has 0 bridgehead atoms. The monoisotopic (exact) mass is 384 g/mol. The second-order valence-electron chi connectivity index (χ2n) is 6.24. The Labute approximate surface area is 149 Å². The van der Waals surface area contributed by atoms with Crippen molar-refractivity contribution in [2.75, 3.05) is 4.90 Å². The fourth-order valence-electron chi connectivity index (χ4n) is 3.05. The first kappa shape index (κ1) is 16.9. The predicted molar refractivity (Wildman–Crippen MR) is 88.2 cm³/mol. The van der Waals surface area contributed by atoms with Gasteiger partial charge in [0.25, 0.3) is 5.56 Å². The molecule has 1 aromatic carbocycles. The molecule has 3 aromatic rings.